The number of fused-ring (bicyclic) bond motifs is 4. The van der Waals surface area contributed by atoms with Crippen molar-refractivity contribution in [1.82, 2.24) is 10.2 Å². The van der Waals surface area contributed by atoms with Crippen molar-refractivity contribution < 1.29 is 24.2 Å². The van der Waals surface area contributed by atoms with Crippen LogP contribution in [0.1, 0.15) is 50.5 Å². The van der Waals surface area contributed by atoms with Crippen molar-refractivity contribution in [3.05, 3.63) is 109 Å². The second-order valence-corrected chi connectivity index (χ2v) is 16.2. The number of phenolic OH excluding ortho intramolecular Hbond substituents is 1. The first-order valence-corrected chi connectivity index (χ1v) is 20.5. The molecule has 4 aromatic rings. The number of carbonyl (C=O) groups excluding carboxylic acids is 2. The second-order valence-electron chi connectivity index (χ2n) is 16.2. The number of piperidine rings is 2. The highest BCUT2D eigenvalue weighted by molar-refractivity contribution is 6.01. The maximum atomic E-state index is 12.1. The normalized spacial score (nSPS) is 22.5. The summed E-state index contributed by atoms with van der Waals surface area (Å²) >= 11 is 0. The Labute approximate surface area is 330 Å². The summed E-state index contributed by atoms with van der Waals surface area (Å²) in [6.07, 6.45) is 8.48. The van der Waals surface area contributed by atoms with Gasteiger partial charge >= 0.3 is 0 Å². The molecule has 4 aromatic carbocycles. The molecule has 4 fully saturated rings. The van der Waals surface area contributed by atoms with Gasteiger partial charge in [0, 0.05) is 69.2 Å². The highest BCUT2D eigenvalue weighted by Crippen LogP contribution is 2.53. The number of hydrogen-bond donors (Lipinski definition) is 3. The third kappa shape index (κ3) is 9.07. The predicted molar refractivity (Wildman–Crippen MR) is 221 cm³/mol. The van der Waals surface area contributed by atoms with Crippen LogP contribution in [-0.4, -0.2) is 86.4 Å². The molecule has 3 N–H and O–H groups in total. The Morgan fingerprint density at radius 2 is 1.55 bits per heavy atom. The fraction of sp³-hybridized carbons (Fsp3) is 0.435. The van der Waals surface area contributed by atoms with Crippen molar-refractivity contribution in [3.63, 3.8) is 0 Å². The van der Waals surface area contributed by atoms with E-state index in [1.165, 1.54) is 56.6 Å². The molecule has 1 saturated carbocycles. The van der Waals surface area contributed by atoms with E-state index in [1.807, 2.05) is 54.6 Å². The lowest BCUT2D eigenvalue weighted by atomic mass is 9.57. The predicted octanol–water partition coefficient (Wildman–Crippen LogP) is 6.89. The summed E-state index contributed by atoms with van der Waals surface area (Å²) in [6.45, 7) is 8.24. The van der Waals surface area contributed by atoms with Gasteiger partial charge < -0.3 is 29.7 Å². The quantitative estimate of drug-likeness (QED) is 0.188. The second kappa shape index (κ2) is 17.3. The molecule has 0 radical (unpaired) electrons. The lowest BCUT2D eigenvalue weighted by Gasteiger charge is -2.54. The molecule has 6 aliphatic rings. The van der Waals surface area contributed by atoms with E-state index in [2.05, 4.69) is 61.7 Å². The summed E-state index contributed by atoms with van der Waals surface area (Å²) in [7, 11) is 0. The van der Waals surface area contributed by atoms with Gasteiger partial charge in [0.15, 0.2) is 0 Å². The molecule has 1 spiro atoms. The first-order chi connectivity index (χ1) is 27.4. The van der Waals surface area contributed by atoms with Gasteiger partial charge in [0.2, 0.25) is 11.8 Å². The molecule has 10 heteroatoms. The van der Waals surface area contributed by atoms with Crippen LogP contribution in [0.4, 0.5) is 17.1 Å². The summed E-state index contributed by atoms with van der Waals surface area (Å²) in [5, 5.41) is 14.8. The first kappa shape index (κ1) is 37.7. The van der Waals surface area contributed by atoms with E-state index in [9.17, 15) is 9.59 Å². The van der Waals surface area contributed by atoms with Crippen molar-refractivity contribution in [2.75, 3.05) is 67.6 Å². The number of ether oxygens (including phenoxy) is 2. The molecule has 5 aliphatic heterocycles. The Hall–Kier alpha value is -5.22. The van der Waals surface area contributed by atoms with Gasteiger partial charge in [0.05, 0.1) is 18.3 Å². The Morgan fingerprint density at radius 3 is 2.30 bits per heavy atom. The Kier molecular flexibility index (Phi) is 11.6. The van der Waals surface area contributed by atoms with E-state index in [4.69, 9.17) is 14.6 Å². The number of amides is 2. The number of nitrogens with zero attached hydrogens (tertiary/aromatic N) is 3. The van der Waals surface area contributed by atoms with Gasteiger partial charge in [-0.2, -0.15) is 0 Å². The minimum Gasteiger partial charge on any atom is -0.508 e. The molecule has 5 heterocycles. The highest BCUT2D eigenvalue weighted by atomic mass is 16.5. The molecular weight excluding hydrogens is 703 g/mol. The average molecular weight is 758 g/mol. The zero-order chi connectivity index (χ0) is 38.3. The van der Waals surface area contributed by atoms with Crippen molar-refractivity contribution in [1.29, 1.82) is 0 Å². The number of hydrogen-bond acceptors (Lipinski definition) is 9. The number of para-hydroxylation sites is 1. The van der Waals surface area contributed by atoms with Crippen molar-refractivity contribution in [2.24, 2.45) is 11.3 Å². The van der Waals surface area contributed by atoms with Crippen LogP contribution in [0.15, 0.2) is 103 Å². The average Bonchev–Trinajstić information content (AvgIpc) is 3.23. The van der Waals surface area contributed by atoms with Gasteiger partial charge in [-0.05, 0) is 92.2 Å². The fourth-order valence-electron chi connectivity index (χ4n) is 9.38. The monoisotopic (exact) mass is 757 g/mol. The molecule has 294 valence electrons. The Morgan fingerprint density at radius 1 is 0.804 bits per heavy atom. The van der Waals surface area contributed by atoms with Crippen LogP contribution in [0.3, 0.4) is 0 Å². The third-order valence-corrected chi connectivity index (χ3v) is 12.3. The fourth-order valence-corrected chi connectivity index (χ4v) is 9.38. The van der Waals surface area contributed by atoms with Gasteiger partial charge in [-0.1, -0.05) is 60.7 Å². The minimum absolute atomic E-state index is 0.196. The lowest BCUT2D eigenvalue weighted by Crippen LogP contribution is -2.59. The molecule has 10 nitrogen and oxygen atoms in total. The van der Waals surface area contributed by atoms with Crippen LogP contribution in [0.2, 0.25) is 0 Å². The number of piperazine rings is 1. The number of aromatic hydroxyl groups is 1. The summed E-state index contributed by atoms with van der Waals surface area (Å²) < 4.78 is 11.6. The minimum atomic E-state index is -0.386. The smallest absolute Gasteiger partial charge is 0.249 e. The van der Waals surface area contributed by atoms with Crippen molar-refractivity contribution >= 4 is 28.9 Å². The zero-order valence-electron chi connectivity index (χ0n) is 32.3. The molecular formula is C46H55N5O5. The maximum absolute atomic E-state index is 12.1. The largest absolute Gasteiger partial charge is 0.508 e. The number of carbonyl (C=O) groups is 2. The molecule has 10 rings (SSSR count). The van der Waals surface area contributed by atoms with Gasteiger partial charge in [0.25, 0.3) is 0 Å². The van der Waals surface area contributed by atoms with Crippen LogP contribution in [0.25, 0.3) is 0 Å². The number of nitrogens with one attached hydrogen (secondary N) is 2. The van der Waals surface area contributed by atoms with Gasteiger partial charge in [-0.15, -0.1) is 0 Å². The number of phenols is 1. The van der Waals surface area contributed by atoms with E-state index in [0.29, 0.717) is 30.9 Å². The van der Waals surface area contributed by atoms with Crippen LogP contribution < -0.4 is 29.9 Å². The standard InChI is InChI=1S/C31H39N5O3.C9H10O2.C6H6/c37-29-9-7-26(30(38)33-29)32-23-6-8-27-28(16-23)39-21-25-20-34(14-15-36(25)27)19-22-17-31(18-22)10-12-35(13-11-31)24-4-2-1-3-5-24;10-8-4-3-7-2-1-5-11-9(7)6-8;1-2-4-6-5-3-1/h1-6,8,16,22,25-26,32H,7,9-15,17-21H2,(H,33,37,38);3-4,6,10H,1-2,5H2;1-6H. The van der Waals surface area contributed by atoms with E-state index in [-0.39, 0.29) is 23.6 Å². The lowest BCUT2D eigenvalue weighted by molar-refractivity contribution is -0.133. The van der Waals surface area contributed by atoms with Gasteiger partial charge in [0.1, 0.15) is 29.9 Å². The molecule has 2 unspecified atom stereocenters. The molecule has 0 aromatic heterocycles. The SMILES string of the molecule is O=C1CCC(Nc2ccc3c(c2)OCC2CN(CC4CC5(CCN(c6ccccc6)CC5)C4)CCN32)C(=O)N1.Oc1ccc2c(c1)OCCC2.c1ccccc1. The summed E-state index contributed by atoms with van der Waals surface area (Å²) in [5.74, 6) is 2.38. The molecule has 2 amide bonds. The summed E-state index contributed by atoms with van der Waals surface area (Å²) in [4.78, 5) is 31.3. The number of rotatable bonds is 5. The van der Waals surface area contributed by atoms with E-state index >= 15 is 0 Å². The van der Waals surface area contributed by atoms with E-state index in [1.54, 1.807) is 12.1 Å². The molecule has 56 heavy (non-hydrogen) atoms. The third-order valence-electron chi connectivity index (χ3n) is 12.3. The van der Waals surface area contributed by atoms with Crippen LogP contribution in [0, 0.1) is 11.3 Å². The molecule has 2 atom stereocenters. The first-order valence-electron chi connectivity index (χ1n) is 20.5. The summed E-state index contributed by atoms with van der Waals surface area (Å²) in [5.41, 5.74) is 5.17. The zero-order valence-corrected chi connectivity index (χ0v) is 32.3. The number of benzene rings is 4. The number of anilines is 3. The topological polar surface area (TPSA) is 107 Å². The summed E-state index contributed by atoms with van der Waals surface area (Å²) in [6, 6.07) is 34.3. The highest BCUT2D eigenvalue weighted by Gasteiger charge is 2.46. The Balaban J connectivity index is 0.000000212. The molecule has 3 saturated heterocycles. The Bertz CT molecular complexity index is 1900. The van der Waals surface area contributed by atoms with Crippen LogP contribution >= 0.6 is 0 Å². The maximum Gasteiger partial charge on any atom is 0.249 e. The molecule has 1 aliphatic carbocycles. The van der Waals surface area contributed by atoms with E-state index < -0.39 is 0 Å². The van der Waals surface area contributed by atoms with Crippen LogP contribution in [0.5, 0.6) is 17.2 Å². The van der Waals surface area contributed by atoms with Gasteiger partial charge in [-0.25, -0.2) is 0 Å². The number of aryl methyl sites for hydroxylation is 1. The molecule has 0 bridgehead atoms. The van der Waals surface area contributed by atoms with Crippen molar-refractivity contribution in [2.45, 2.75) is 63.5 Å². The van der Waals surface area contributed by atoms with Crippen molar-refractivity contribution in [3.8, 4) is 17.2 Å². The number of imide groups is 1. The van der Waals surface area contributed by atoms with Gasteiger partial charge in [-0.3, -0.25) is 19.8 Å². The van der Waals surface area contributed by atoms with Crippen LogP contribution in [-0.2, 0) is 16.0 Å². The van der Waals surface area contributed by atoms with E-state index in [0.717, 1.165) is 67.9 Å².